The van der Waals surface area contributed by atoms with Crippen LogP contribution >= 0.6 is 22.9 Å². The van der Waals surface area contributed by atoms with Crippen molar-refractivity contribution in [1.29, 1.82) is 0 Å². The van der Waals surface area contributed by atoms with Crippen molar-refractivity contribution in [1.82, 2.24) is 4.57 Å². The molecule has 4 rings (SSSR count). The number of aromatic nitrogens is 1. The summed E-state index contributed by atoms with van der Waals surface area (Å²) in [4.78, 5) is 37.9. The topological polar surface area (TPSA) is 86.6 Å². The lowest BCUT2D eigenvalue weighted by atomic mass is 10.1. The number of hydrogen-bond acceptors (Lipinski definition) is 6. The van der Waals surface area contributed by atoms with Gasteiger partial charge in [-0.3, -0.25) is 9.59 Å². The van der Waals surface area contributed by atoms with Crippen LogP contribution in [0.5, 0.6) is 5.75 Å². The number of carbonyl (C=O) groups is 2. The van der Waals surface area contributed by atoms with Crippen LogP contribution in [0.15, 0.2) is 34.6 Å². The van der Waals surface area contributed by atoms with E-state index in [1.807, 2.05) is 6.92 Å². The summed E-state index contributed by atoms with van der Waals surface area (Å²) in [6.45, 7) is 2.37. The number of rotatable bonds is 3. The van der Waals surface area contributed by atoms with Crippen molar-refractivity contribution < 1.29 is 19.1 Å². The molecular formula is C19H15ClN2O5S. The molecule has 3 heterocycles. The van der Waals surface area contributed by atoms with Gasteiger partial charge in [-0.25, -0.2) is 4.79 Å². The molecule has 0 fully saturated rings. The molecule has 9 heteroatoms. The molecule has 144 valence electrons. The first-order valence-electron chi connectivity index (χ1n) is 8.40. The second-order valence-electron chi connectivity index (χ2n) is 6.33. The first-order valence-corrected chi connectivity index (χ1v) is 9.66. The Morgan fingerprint density at radius 2 is 2.14 bits per heavy atom. The highest BCUT2D eigenvalue weighted by Gasteiger charge is 2.25. The first-order chi connectivity index (χ1) is 13.4. The van der Waals surface area contributed by atoms with Gasteiger partial charge in [0.25, 0.3) is 5.91 Å². The molecule has 0 saturated carbocycles. The third-order valence-electron chi connectivity index (χ3n) is 4.44. The number of benzene rings is 1. The van der Waals surface area contributed by atoms with E-state index in [0.29, 0.717) is 17.8 Å². The Kier molecular flexibility index (Phi) is 4.60. The van der Waals surface area contributed by atoms with E-state index in [1.54, 1.807) is 28.1 Å². The van der Waals surface area contributed by atoms with Crippen LogP contribution in [0, 0.1) is 0 Å². The minimum absolute atomic E-state index is 0.0670. The Bertz CT molecular complexity index is 1180. The summed E-state index contributed by atoms with van der Waals surface area (Å²) in [7, 11) is 1.26. The van der Waals surface area contributed by atoms with Crippen LogP contribution in [-0.2, 0) is 11.3 Å². The van der Waals surface area contributed by atoms with Crippen molar-refractivity contribution in [3.05, 3.63) is 55.5 Å². The molecule has 1 unspecified atom stereocenters. The highest BCUT2D eigenvalue weighted by Crippen LogP contribution is 2.33. The first kappa shape index (κ1) is 18.5. The molecule has 2 aromatic heterocycles. The molecule has 0 spiro atoms. The maximum atomic E-state index is 13.0. The number of pyridine rings is 1. The number of hydrogen-bond donors (Lipinski definition) is 1. The predicted octanol–water partition coefficient (Wildman–Crippen LogP) is 3.54. The molecule has 7 nitrogen and oxygen atoms in total. The monoisotopic (exact) mass is 418 g/mol. The lowest BCUT2D eigenvalue weighted by Crippen LogP contribution is -2.30. The van der Waals surface area contributed by atoms with Gasteiger partial charge in [-0.05, 0) is 30.5 Å². The molecule has 0 bridgehead atoms. The molecule has 1 aliphatic rings. The fourth-order valence-corrected chi connectivity index (χ4v) is 4.25. The summed E-state index contributed by atoms with van der Waals surface area (Å²) in [6.07, 6.45) is 1.38. The standard InChI is InChI=1S/C19H15ClN2O5S/c1-9-7-22-8-10(16(23)14-11(20)3-4-13(27-9)15(14)22)18(24)21-12-5-6-28-17(12)19(25)26-2/h3-6,8-9H,7H2,1-2H3,(H,21,24). The van der Waals surface area contributed by atoms with Gasteiger partial charge in [0, 0.05) is 6.20 Å². The molecular weight excluding hydrogens is 404 g/mol. The summed E-state index contributed by atoms with van der Waals surface area (Å²) < 4.78 is 12.3. The van der Waals surface area contributed by atoms with Gasteiger partial charge < -0.3 is 19.4 Å². The highest BCUT2D eigenvalue weighted by molar-refractivity contribution is 7.12. The SMILES string of the molecule is COC(=O)c1sccc1NC(=O)c1cn2c3c(ccc(Cl)c3c1=O)OC(C)C2. The molecule has 1 N–H and O–H groups in total. The van der Waals surface area contributed by atoms with E-state index in [4.69, 9.17) is 21.1 Å². The normalized spacial score (nSPS) is 15.2. The van der Waals surface area contributed by atoms with Gasteiger partial charge in [-0.2, -0.15) is 0 Å². The van der Waals surface area contributed by atoms with Crippen molar-refractivity contribution in [3.8, 4) is 5.75 Å². The van der Waals surface area contributed by atoms with Crippen molar-refractivity contribution in [2.45, 2.75) is 19.6 Å². The Balaban J connectivity index is 1.82. The number of nitrogens with one attached hydrogen (secondary N) is 1. The largest absolute Gasteiger partial charge is 0.487 e. The molecule has 1 atom stereocenters. The molecule has 1 amide bonds. The van der Waals surface area contributed by atoms with Crippen LogP contribution in [-0.4, -0.2) is 29.7 Å². The smallest absolute Gasteiger partial charge is 0.350 e. The fraction of sp³-hybridized carbons (Fsp3) is 0.211. The third-order valence-corrected chi connectivity index (χ3v) is 5.65. The number of esters is 1. The van der Waals surface area contributed by atoms with Crippen LogP contribution in [0.1, 0.15) is 27.0 Å². The van der Waals surface area contributed by atoms with E-state index in [-0.39, 0.29) is 32.6 Å². The van der Waals surface area contributed by atoms with Crippen LogP contribution in [0.4, 0.5) is 5.69 Å². The average molecular weight is 419 g/mol. The highest BCUT2D eigenvalue weighted by atomic mass is 35.5. The number of thiophene rings is 1. The lowest BCUT2D eigenvalue weighted by molar-refractivity contribution is 0.0607. The predicted molar refractivity (Wildman–Crippen MR) is 107 cm³/mol. The van der Waals surface area contributed by atoms with Gasteiger partial charge >= 0.3 is 5.97 Å². The molecule has 3 aromatic rings. The maximum Gasteiger partial charge on any atom is 0.350 e. The van der Waals surface area contributed by atoms with Gasteiger partial charge in [0.05, 0.1) is 35.3 Å². The van der Waals surface area contributed by atoms with Crippen molar-refractivity contribution in [2.24, 2.45) is 0 Å². The number of methoxy groups -OCH3 is 1. The third kappa shape index (κ3) is 2.94. The number of anilines is 1. The quantitative estimate of drug-likeness (QED) is 0.657. The number of carbonyl (C=O) groups excluding carboxylic acids is 2. The fourth-order valence-electron chi connectivity index (χ4n) is 3.24. The Hall–Kier alpha value is -2.84. The lowest BCUT2D eigenvalue weighted by Gasteiger charge is -2.26. The number of amides is 1. The van der Waals surface area contributed by atoms with Gasteiger partial charge in [0.2, 0.25) is 5.43 Å². The van der Waals surface area contributed by atoms with E-state index in [0.717, 1.165) is 11.3 Å². The Morgan fingerprint density at radius 3 is 2.89 bits per heavy atom. The van der Waals surface area contributed by atoms with E-state index >= 15 is 0 Å². The summed E-state index contributed by atoms with van der Waals surface area (Å²) >= 11 is 7.41. The second-order valence-corrected chi connectivity index (χ2v) is 7.65. The minimum Gasteiger partial charge on any atom is -0.487 e. The number of halogens is 1. The summed E-state index contributed by atoms with van der Waals surface area (Å²) in [5.74, 6) is -0.637. The van der Waals surface area contributed by atoms with Gasteiger partial charge in [-0.1, -0.05) is 11.6 Å². The van der Waals surface area contributed by atoms with Crippen LogP contribution in [0.3, 0.4) is 0 Å². The second kappa shape index (κ2) is 6.96. The molecule has 28 heavy (non-hydrogen) atoms. The summed E-state index contributed by atoms with van der Waals surface area (Å²) in [5.41, 5.74) is 0.292. The minimum atomic E-state index is -0.625. The van der Waals surface area contributed by atoms with Gasteiger partial charge in [0.15, 0.2) is 0 Å². The van der Waals surface area contributed by atoms with E-state index in [2.05, 4.69) is 5.32 Å². The van der Waals surface area contributed by atoms with Gasteiger partial charge in [0.1, 0.15) is 22.3 Å². The van der Waals surface area contributed by atoms with E-state index in [1.165, 1.54) is 13.3 Å². The van der Waals surface area contributed by atoms with Crippen LogP contribution in [0.2, 0.25) is 5.02 Å². The number of ether oxygens (including phenoxy) is 2. The molecule has 0 saturated heterocycles. The van der Waals surface area contributed by atoms with Crippen molar-refractivity contribution in [2.75, 3.05) is 12.4 Å². The van der Waals surface area contributed by atoms with Crippen LogP contribution in [0.25, 0.3) is 10.9 Å². The molecule has 0 radical (unpaired) electrons. The van der Waals surface area contributed by atoms with E-state index in [9.17, 15) is 14.4 Å². The zero-order valence-electron chi connectivity index (χ0n) is 14.9. The molecule has 0 aliphatic carbocycles. The van der Waals surface area contributed by atoms with Crippen molar-refractivity contribution >= 4 is 51.4 Å². The summed E-state index contributed by atoms with van der Waals surface area (Å²) in [5, 5.41) is 4.76. The Labute approximate surface area is 168 Å². The van der Waals surface area contributed by atoms with E-state index < -0.39 is 17.3 Å². The summed E-state index contributed by atoms with van der Waals surface area (Å²) in [6, 6.07) is 4.88. The zero-order chi connectivity index (χ0) is 20.0. The Morgan fingerprint density at radius 1 is 1.36 bits per heavy atom. The maximum absolute atomic E-state index is 13.0. The van der Waals surface area contributed by atoms with Gasteiger partial charge in [-0.15, -0.1) is 11.3 Å². The average Bonchev–Trinajstić information content (AvgIpc) is 3.12. The van der Waals surface area contributed by atoms with Crippen LogP contribution < -0.4 is 15.5 Å². The molecule has 1 aromatic carbocycles. The molecule has 1 aliphatic heterocycles. The number of nitrogens with zero attached hydrogens (tertiary/aromatic N) is 1. The zero-order valence-corrected chi connectivity index (χ0v) is 16.5. The van der Waals surface area contributed by atoms with Crippen molar-refractivity contribution in [3.63, 3.8) is 0 Å².